The van der Waals surface area contributed by atoms with Crippen LogP contribution < -0.4 is 5.32 Å². The van der Waals surface area contributed by atoms with E-state index in [1.54, 1.807) is 6.08 Å². The number of esters is 1. The molecule has 3 nitrogen and oxygen atoms in total. The lowest BCUT2D eigenvalue weighted by Crippen LogP contribution is -2.30. The van der Waals surface area contributed by atoms with Gasteiger partial charge in [0.2, 0.25) is 0 Å². The van der Waals surface area contributed by atoms with Gasteiger partial charge < -0.3 is 4.74 Å². The normalized spacial score (nSPS) is 11.9. The van der Waals surface area contributed by atoms with Crippen molar-refractivity contribution in [2.45, 2.75) is 6.04 Å². The topological polar surface area (TPSA) is 38.3 Å². The largest absolute Gasteiger partial charge is 0.468 e. The van der Waals surface area contributed by atoms with Crippen LogP contribution in [0.3, 0.4) is 0 Å². The zero-order chi connectivity index (χ0) is 12.8. The number of halogens is 2. The predicted molar refractivity (Wildman–Crippen MR) is 64.4 cm³/mol. The summed E-state index contributed by atoms with van der Waals surface area (Å²) in [6.45, 7) is 3.95. The van der Waals surface area contributed by atoms with Crippen LogP contribution in [0.15, 0.2) is 30.9 Å². The molecular formula is C12H13ClFNO2. The van der Waals surface area contributed by atoms with E-state index in [4.69, 9.17) is 11.6 Å². The third-order valence-corrected chi connectivity index (χ3v) is 2.50. The Morgan fingerprint density at radius 2 is 2.41 bits per heavy atom. The number of hydrogen-bond acceptors (Lipinski definition) is 3. The second-order valence-electron chi connectivity index (χ2n) is 3.32. The molecule has 1 aromatic carbocycles. The quantitative estimate of drug-likeness (QED) is 0.651. The van der Waals surface area contributed by atoms with Crippen molar-refractivity contribution in [3.05, 3.63) is 47.3 Å². The van der Waals surface area contributed by atoms with Crippen molar-refractivity contribution < 1.29 is 13.9 Å². The second kappa shape index (κ2) is 6.37. The van der Waals surface area contributed by atoms with Crippen molar-refractivity contribution >= 4 is 17.6 Å². The minimum Gasteiger partial charge on any atom is -0.468 e. The maximum atomic E-state index is 12.9. The van der Waals surface area contributed by atoms with Gasteiger partial charge in [0, 0.05) is 11.6 Å². The van der Waals surface area contributed by atoms with Crippen LogP contribution >= 0.6 is 11.6 Å². The summed E-state index contributed by atoms with van der Waals surface area (Å²) in [5.41, 5.74) is 0.474. The SMILES string of the molecule is C=CCNC(C(=O)OC)c1ccc(F)cc1Cl. The van der Waals surface area contributed by atoms with Gasteiger partial charge in [0.15, 0.2) is 0 Å². The Kier molecular flexibility index (Phi) is 5.12. The number of carbonyl (C=O) groups is 1. The van der Waals surface area contributed by atoms with Crippen LogP contribution in [0.4, 0.5) is 4.39 Å². The number of rotatable bonds is 5. The molecule has 0 heterocycles. The van der Waals surface area contributed by atoms with Gasteiger partial charge in [-0.1, -0.05) is 23.7 Å². The lowest BCUT2D eigenvalue weighted by molar-refractivity contribution is -0.143. The molecule has 0 aliphatic rings. The van der Waals surface area contributed by atoms with Crippen molar-refractivity contribution in [3.63, 3.8) is 0 Å². The molecule has 92 valence electrons. The van der Waals surface area contributed by atoms with Crippen LogP contribution in [0.5, 0.6) is 0 Å². The minimum atomic E-state index is -0.730. The Labute approximate surface area is 104 Å². The van der Waals surface area contributed by atoms with Gasteiger partial charge >= 0.3 is 5.97 Å². The van der Waals surface area contributed by atoms with E-state index in [1.807, 2.05) is 0 Å². The van der Waals surface area contributed by atoms with Crippen LogP contribution in [0.25, 0.3) is 0 Å². The molecule has 0 fully saturated rings. The lowest BCUT2D eigenvalue weighted by atomic mass is 10.1. The zero-order valence-electron chi connectivity index (χ0n) is 9.37. The monoisotopic (exact) mass is 257 g/mol. The highest BCUT2D eigenvalue weighted by Crippen LogP contribution is 2.24. The molecule has 0 radical (unpaired) electrons. The van der Waals surface area contributed by atoms with Gasteiger partial charge in [0.1, 0.15) is 11.9 Å². The average molecular weight is 258 g/mol. The fourth-order valence-corrected chi connectivity index (χ4v) is 1.65. The fraction of sp³-hybridized carbons (Fsp3) is 0.250. The molecule has 5 heteroatoms. The molecule has 0 bridgehead atoms. The summed E-state index contributed by atoms with van der Waals surface area (Å²) >= 11 is 5.89. The highest BCUT2D eigenvalue weighted by atomic mass is 35.5. The van der Waals surface area contributed by atoms with E-state index in [1.165, 1.54) is 19.2 Å². The summed E-state index contributed by atoms with van der Waals surface area (Å²) in [4.78, 5) is 11.6. The summed E-state index contributed by atoms with van der Waals surface area (Å²) in [5.74, 6) is -0.938. The molecule has 17 heavy (non-hydrogen) atoms. The highest BCUT2D eigenvalue weighted by Gasteiger charge is 2.22. The minimum absolute atomic E-state index is 0.178. The third-order valence-electron chi connectivity index (χ3n) is 2.18. The van der Waals surface area contributed by atoms with Gasteiger partial charge in [-0.15, -0.1) is 6.58 Å². The van der Waals surface area contributed by atoms with E-state index < -0.39 is 17.8 Å². The van der Waals surface area contributed by atoms with E-state index in [9.17, 15) is 9.18 Å². The maximum absolute atomic E-state index is 12.9. The van der Waals surface area contributed by atoms with Crippen LogP contribution in [0, 0.1) is 5.82 Å². The molecule has 0 amide bonds. The molecule has 0 saturated heterocycles. The van der Waals surface area contributed by atoms with Gasteiger partial charge in [-0.25, -0.2) is 9.18 Å². The molecule has 0 aliphatic carbocycles. The number of benzene rings is 1. The van der Waals surface area contributed by atoms with E-state index in [-0.39, 0.29) is 5.02 Å². The first kappa shape index (κ1) is 13.7. The third kappa shape index (κ3) is 3.54. The number of carbonyl (C=O) groups excluding carboxylic acids is 1. The van der Waals surface area contributed by atoms with Crippen LogP contribution in [-0.2, 0) is 9.53 Å². The van der Waals surface area contributed by atoms with E-state index in [0.29, 0.717) is 12.1 Å². The van der Waals surface area contributed by atoms with Crippen LogP contribution in [0.2, 0.25) is 5.02 Å². The molecule has 1 N–H and O–H groups in total. The number of ether oxygens (including phenoxy) is 1. The molecule has 0 aromatic heterocycles. The molecule has 1 unspecified atom stereocenters. The van der Waals surface area contributed by atoms with Gasteiger partial charge in [0.05, 0.1) is 7.11 Å². The maximum Gasteiger partial charge on any atom is 0.327 e. The summed E-state index contributed by atoms with van der Waals surface area (Å²) in [7, 11) is 1.28. The molecule has 0 aliphatic heterocycles. The first-order valence-electron chi connectivity index (χ1n) is 4.97. The zero-order valence-corrected chi connectivity index (χ0v) is 10.1. The Morgan fingerprint density at radius 3 is 2.94 bits per heavy atom. The number of hydrogen-bond donors (Lipinski definition) is 1. The standard InChI is InChI=1S/C12H13ClFNO2/c1-3-6-15-11(12(16)17-2)9-5-4-8(14)7-10(9)13/h3-5,7,11,15H,1,6H2,2H3. The van der Waals surface area contributed by atoms with E-state index in [2.05, 4.69) is 16.6 Å². The van der Waals surface area contributed by atoms with Gasteiger partial charge in [-0.2, -0.15) is 0 Å². The van der Waals surface area contributed by atoms with E-state index >= 15 is 0 Å². The Morgan fingerprint density at radius 1 is 1.71 bits per heavy atom. The summed E-state index contributed by atoms with van der Waals surface area (Å²) in [6.07, 6.45) is 1.60. The van der Waals surface area contributed by atoms with Gasteiger partial charge in [-0.05, 0) is 17.7 Å². The highest BCUT2D eigenvalue weighted by molar-refractivity contribution is 6.31. The lowest BCUT2D eigenvalue weighted by Gasteiger charge is -2.17. The van der Waals surface area contributed by atoms with Crippen molar-refractivity contribution in [1.29, 1.82) is 0 Å². The molecule has 0 spiro atoms. The van der Waals surface area contributed by atoms with Gasteiger partial charge in [0.25, 0.3) is 0 Å². The van der Waals surface area contributed by atoms with E-state index in [0.717, 1.165) is 6.07 Å². The first-order chi connectivity index (χ1) is 8.10. The summed E-state index contributed by atoms with van der Waals surface area (Å²) in [5, 5.41) is 3.07. The number of nitrogens with one attached hydrogen (secondary N) is 1. The molecule has 0 saturated carbocycles. The van der Waals surface area contributed by atoms with Crippen molar-refractivity contribution in [1.82, 2.24) is 5.32 Å². The number of methoxy groups -OCH3 is 1. The molecule has 1 rings (SSSR count). The van der Waals surface area contributed by atoms with Crippen LogP contribution in [-0.4, -0.2) is 19.6 Å². The van der Waals surface area contributed by atoms with Crippen molar-refractivity contribution in [2.24, 2.45) is 0 Å². The summed E-state index contributed by atoms with van der Waals surface area (Å²) < 4.78 is 17.6. The Bertz CT molecular complexity index is 423. The van der Waals surface area contributed by atoms with Crippen molar-refractivity contribution in [2.75, 3.05) is 13.7 Å². The molecule has 1 atom stereocenters. The Balaban J connectivity index is 3.03. The molecular weight excluding hydrogens is 245 g/mol. The van der Waals surface area contributed by atoms with Gasteiger partial charge in [-0.3, -0.25) is 5.32 Å². The predicted octanol–water partition coefficient (Wildman–Crippen LogP) is 2.47. The first-order valence-corrected chi connectivity index (χ1v) is 5.35. The van der Waals surface area contributed by atoms with Crippen molar-refractivity contribution in [3.8, 4) is 0 Å². The summed E-state index contributed by atoms with van der Waals surface area (Å²) in [6, 6.07) is 3.12. The molecule has 1 aromatic rings. The van der Waals surface area contributed by atoms with Crippen LogP contribution in [0.1, 0.15) is 11.6 Å². The second-order valence-corrected chi connectivity index (χ2v) is 3.73. The Hall–Kier alpha value is -1.39. The fourth-order valence-electron chi connectivity index (χ4n) is 1.37. The average Bonchev–Trinajstić information content (AvgIpc) is 2.31. The smallest absolute Gasteiger partial charge is 0.327 e.